The van der Waals surface area contributed by atoms with Gasteiger partial charge in [0.05, 0.1) is 5.92 Å². The number of benzene rings is 1. The summed E-state index contributed by atoms with van der Waals surface area (Å²) in [7, 11) is -1.96. The van der Waals surface area contributed by atoms with Gasteiger partial charge in [0, 0.05) is 26.7 Å². The fourth-order valence-electron chi connectivity index (χ4n) is 4.11. The number of rotatable bonds is 5. The highest BCUT2D eigenvalue weighted by Crippen LogP contribution is 2.29. The number of piperidine rings is 1. The summed E-state index contributed by atoms with van der Waals surface area (Å²) in [5.74, 6) is -0.108. The summed E-state index contributed by atoms with van der Waals surface area (Å²) in [6.45, 7) is 10.8. The lowest BCUT2D eigenvalue weighted by Crippen LogP contribution is -2.45. The molecule has 1 unspecified atom stereocenters. The van der Waals surface area contributed by atoms with Gasteiger partial charge < -0.3 is 9.42 Å². The molecule has 0 bridgehead atoms. The van der Waals surface area contributed by atoms with Gasteiger partial charge in [-0.25, -0.2) is 8.42 Å². The van der Waals surface area contributed by atoms with Crippen molar-refractivity contribution in [1.82, 2.24) is 14.4 Å². The van der Waals surface area contributed by atoms with Crippen molar-refractivity contribution in [2.75, 3.05) is 20.1 Å². The molecule has 2 aromatic rings. The smallest absolute Gasteiger partial charge is 0.248 e. The van der Waals surface area contributed by atoms with E-state index in [-0.39, 0.29) is 34.4 Å². The van der Waals surface area contributed by atoms with Gasteiger partial charge in [0.15, 0.2) is 5.76 Å². The topological polar surface area (TPSA) is 83.7 Å². The number of nitrogens with zero attached hydrogens (tertiary/aromatic N) is 3. The van der Waals surface area contributed by atoms with Crippen LogP contribution in [0.5, 0.6) is 0 Å². The zero-order chi connectivity index (χ0) is 23.0. The minimum absolute atomic E-state index is 0.0291. The molecular weight excluding hydrogens is 414 g/mol. The van der Waals surface area contributed by atoms with Crippen LogP contribution in [0.1, 0.15) is 56.2 Å². The molecule has 1 fully saturated rings. The molecule has 1 amide bonds. The van der Waals surface area contributed by atoms with Gasteiger partial charge in [-0.3, -0.25) is 4.79 Å². The molecule has 1 saturated heterocycles. The van der Waals surface area contributed by atoms with Crippen LogP contribution in [0.2, 0.25) is 0 Å². The first kappa shape index (κ1) is 23.5. The molecule has 1 aliphatic rings. The molecule has 0 saturated carbocycles. The third-order valence-electron chi connectivity index (χ3n) is 5.92. The largest absolute Gasteiger partial charge is 0.360 e. The monoisotopic (exact) mass is 447 g/mol. The molecule has 1 atom stereocenters. The highest BCUT2D eigenvalue weighted by molar-refractivity contribution is 7.89. The lowest BCUT2D eigenvalue weighted by Gasteiger charge is -2.33. The maximum Gasteiger partial charge on any atom is 0.248 e. The molecule has 0 radical (unpaired) electrons. The third kappa shape index (κ3) is 5.01. The number of carbonyl (C=O) groups is 1. The van der Waals surface area contributed by atoms with Crippen LogP contribution in [0.4, 0.5) is 0 Å². The molecule has 1 aromatic carbocycles. The first-order chi connectivity index (χ1) is 14.4. The Bertz CT molecular complexity index is 1020. The second kappa shape index (κ2) is 8.74. The fourth-order valence-corrected chi connectivity index (χ4v) is 5.92. The molecule has 1 aliphatic heterocycles. The highest BCUT2D eigenvalue weighted by Gasteiger charge is 2.37. The predicted octanol–water partition coefficient (Wildman–Crippen LogP) is 3.65. The van der Waals surface area contributed by atoms with E-state index in [2.05, 4.69) is 50.2 Å². The van der Waals surface area contributed by atoms with E-state index < -0.39 is 10.0 Å². The summed E-state index contributed by atoms with van der Waals surface area (Å²) >= 11 is 0. The molecule has 7 nitrogen and oxygen atoms in total. The van der Waals surface area contributed by atoms with E-state index in [1.54, 1.807) is 25.8 Å². The second-order valence-electron chi connectivity index (χ2n) is 9.50. The van der Waals surface area contributed by atoms with Crippen LogP contribution in [-0.2, 0) is 26.8 Å². The number of hydrogen-bond donors (Lipinski definition) is 0. The zero-order valence-corrected chi connectivity index (χ0v) is 20.1. The van der Waals surface area contributed by atoms with Gasteiger partial charge >= 0.3 is 0 Å². The van der Waals surface area contributed by atoms with E-state index in [1.807, 2.05) is 0 Å². The Morgan fingerprint density at radius 3 is 2.42 bits per heavy atom. The Morgan fingerprint density at radius 1 is 1.23 bits per heavy atom. The second-order valence-corrected chi connectivity index (χ2v) is 11.4. The number of aryl methyl sites for hydroxylation is 2. The number of aromatic nitrogens is 1. The van der Waals surface area contributed by atoms with Crippen LogP contribution in [-0.4, -0.2) is 48.8 Å². The van der Waals surface area contributed by atoms with Crippen LogP contribution < -0.4 is 0 Å². The van der Waals surface area contributed by atoms with Crippen molar-refractivity contribution in [2.45, 2.75) is 64.3 Å². The Balaban J connectivity index is 1.69. The van der Waals surface area contributed by atoms with Crippen molar-refractivity contribution in [2.24, 2.45) is 5.92 Å². The van der Waals surface area contributed by atoms with Gasteiger partial charge in [0.2, 0.25) is 15.9 Å². The Hall–Kier alpha value is -2.19. The summed E-state index contributed by atoms with van der Waals surface area (Å²) in [5.41, 5.74) is 2.73. The van der Waals surface area contributed by atoms with Crippen molar-refractivity contribution in [3.05, 3.63) is 46.8 Å². The normalized spacial score (nSPS) is 18.2. The lowest BCUT2D eigenvalue weighted by atomic mass is 9.87. The minimum atomic E-state index is -3.74. The molecule has 3 rings (SSSR count). The minimum Gasteiger partial charge on any atom is -0.360 e. The van der Waals surface area contributed by atoms with Crippen LogP contribution in [0.25, 0.3) is 0 Å². The van der Waals surface area contributed by atoms with Crippen molar-refractivity contribution in [3.8, 4) is 0 Å². The summed E-state index contributed by atoms with van der Waals surface area (Å²) in [5, 5.41) is 3.77. The molecule has 0 N–H and O–H groups in total. The number of amides is 1. The van der Waals surface area contributed by atoms with Crippen LogP contribution >= 0.6 is 0 Å². The number of sulfonamides is 1. The zero-order valence-electron chi connectivity index (χ0n) is 19.3. The molecule has 31 heavy (non-hydrogen) atoms. The van der Waals surface area contributed by atoms with Gasteiger partial charge in [-0.2, -0.15) is 4.31 Å². The molecule has 170 valence electrons. The van der Waals surface area contributed by atoms with E-state index in [0.717, 1.165) is 5.56 Å². The Labute approximate surface area is 185 Å². The average Bonchev–Trinajstić information content (AvgIpc) is 3.06. The number of hydrogen-bond acceptors (Lipinski definition) is 5. The van der Waals surface area contributed by atoms with Crippen LogP contribution in [0.3, 0.4) is 0 Å². The quantitative estimate of drug-likeness (QED) is 0.699. The molecule has 8 heteroatoms. The van der Waals surface area contributed by atoms with Gasteiger partial charge in [-0.15, -0.1) is 0 Å². The van der Waals surface area contributed by atoms with E-state index in [1.165, 1.54) is 9.87 Å². The van der Waals surface area contributed by atoms with E-state index >= 15 is 0 Å². The maximum atomic E-state index is 13.1. The lowest BCUT2D eigenvalue weighted by molar-refractivity contribution is -0.135. The van der Waals surface area contributed by atoms with E-state index in [4.69, 9.17) is 4.52 Å². The van der Waals surface area contributed by atoms with Crippen LogP contribution in [0, 0.1) is 19.8 Å². The van der Waals surface area contributed by atoms with Gasteiger partial charge in [0.25, 0.3) is 0 Å². The van der Waals surface area contributed by atoms with Gasteiger partial charge in [-0.05, 0) is 43.2 Å². The predicted molar refractivity (Wildman–Crippen MR) is 119 cm³/mol. The van der Waals surface area contributed by atoms with Crippen molar-refractivity contribution >= 4 is 15.9 Å². The molecule has 0 aliphatic carbocycles. The fraction of sp³-hybridized carbons (Fsp3) is 0.565. The molecule has 0 spiro atoms. The van der Waals surface area contributed by atoms with Gasteiger partial charge in [0.1, 0.15) is 10.6 Å². The maximum absolute atomic E-state index is 13.1. The van der Waals surface area contributed by atoms with Crippen molar-refractivity contribution < 1.29 is 17.7 Å². The highest BCUT2D eigenvalue weighted by atomic mass is 32.2. The summed E-state index contributed by atoms with van der Waals surface area (Å²) in [6, 6.07) is 8.32. The summed E-state index contributed by atoms with van der Waals surface area (Å²) in [4.78, 5) is 14.9. The SMILES string of the molecule is Cc1noc(C)c1S(=O)(=O)N1CCCC(C(=O)N(C)Cc2ccc(C(C)(C)C)cc2)C1. The Kier molecular flexibility index (Phi) is 6.62. The number of carbonyl (C=O) groups excluding carboxylic acids is 1. The standard InChI is InChI=1S/C23H33N3O4S/c1-16-21(17(2)30-24-16)31(28,29)26-13-7-8-19(15-26)22(27)25(6)14-18-9-11-20(12-10-18)23(3,4)5/h9-12,19H,7-8,13-15H2,1-6H3. The first-order valence-electron chi connectivity index (χ1n) is 10.7. The summed E-state index contributed by atoms with van der Waals surface area (Å²) < 4.78 is 32.7. The van der Waals surface area contributed by atoms with Crippen molar-refractivity contribution in [1.29, 1.82) is 0 Å². The van der Waals surface area contributed by atoms with E-state index in [9.17, 15) is 13.2 Å². The van der Waals surface area contributed by atoms with Crippen molar-refractivity contribution in [3.63, 3.8) is 0 Å². The molecule has 2 heterocycles. The average molecular weight is 448 g/mol. The van der Waals surface area contributed by atoms with Crippen LogP contribution in [0.15, 0.2) is 33.7 Å². The third-order valence-corrected chi connectivity index (χ3v) is 8.03. The first-order valence-corrected chi connectivity index (χ1v) is 12.1. The van der Waals surface area contributed by atoms with Gasteiger partial charge in [-0.1, -0.05) is 50.2 Å². The molecule has 1 aromatic heterocycles. The Morgan fingerprint density at radius 2 is 1.87 bits per heavy atom. The van der Waals surface area contributed by atoms with E-state index in [0.29, 0.717) is 31.6 Å². The summed E-state index contributed by atoms with van der Waals surface area (Å²) in [6.07, 6.45) is 1.33. The molecular formula is C23H33N3O4S.